The Hall–Kier alpha value is -2.55. The van der Waals surface area contributed by atoms with E-state index < -0.39 is 4.92 Å². The Morgan fingerprint density at radius 2 is 1.80 bits per heavy atom. The second kappa shape index (κ2) is 9.51. The topological polar surface area (TPSA) is 79.6 Å². The lowest BCUT2D eigenvalue weighted by Gasteiger charge is -2.22. The molecular formula is C21H25ClN4O3S. The Balaban J connectivity index is 0.00000320. The number of aromatic nitrogens is 1. The zero-order valence-corrected chi connectivity index (χ0v) is 19.3. The molecule has 0 spiro atoms. The van der Waals surface area contributed by atoms with Gasteiger partial charge in [0.15, 0.2) is 5.13 Å². The van der Waals surface area contributed by atoms with Crippen LogP contribution in [-0.2, 0) is 0 Å². The summed E-state index contributed by atoms with van der Waals surface area (Å²) in [5, 5.41) is 11.9. The highest BCUT2D eigenvalue weighted by Crippen LogP contribution is 2.33. The number of carbonyl (C=O) groups excluding carboxylic acids is 1. The lowest BCUT2D eigenvalue weighted by atomic mass is 10.1. The van der Waals surface area contributed by atoms with Gasteiger partial charge in [0.25, 0.3) is 11.6 Å². The number of nitro benzene ring substituents is 1. The number of amides is 1. The van der Waals surface area contributed by atoms with Gasteiger partial charge in [-0.3, -0.25) is 19.8 Å². The van der Waals surface area contributed by atoms with Crippen LogP contribution in [-0.4, -0.2) is 47.9 Å². The van der Waals surface area contributed by atoms with E-state index in [1.165, 1.54) is 17.4 Å². The van der Waals surface area contributed by atoms with Gasteiger partial charge in [0.05, 0.1) is 15.1 Å². The molecule has 2 aromatic carbocycles. The van der Waals surface area contributed by atoms with Crippen LogP contribution in [0, 0.1) is 30.9 Å². The first-order chi connectivity index (χ1) is 13.7. The average molecular weight is 449 g/mol. The van der Waals surface area contributed by atoms with E-state index >= 15 is 0 Å². The number of rotatable bonds is 6. The van der Waals surface area contributed by atoms with Gasteiger partial charge in [0.2, 0.25) is 0 Å². The number of carbonyl (C=O) groups is 1. The normalized spacial score (nSPS) is 10.9. The molecule has 3 rings (SSSR count). The highest BCUT2D eigenvalue weighted by molar-refractivity contribution is 7.22. The van der Waals surface area contributed by atoms with Crippen LogP contribution < -0.4 is 4.90 Å². The average Bonchev–Trinajstić information content (AvgIpc) is 3.09. The van der Waals surface area contributed by atoms with Crippen LogP contribution in [0.2, 0.25) is 0 Å². The van der Waals surface area contributed by atoms with Crippen LogP contribution in [0.3, 0.4) is 0 Å². The Kier molecular flexibility index (Phi) is 7.52. The van der Waals surface area contributed by atoms with Crippen molar-refractivity contribution in [1.29, 1.82) is 0 Å². The molecule has 0 saturated carbocycles. The number of benzene rings is 2. The fourth-order valence-corrected chi connectivity index (χ4v) is 4.16. The van der Waals surface area contributed by atoms with E-state index in [9.17, 15) is 14.9 Å². The molecular weight excluding hydrogens is 424 g/mol. The number of thiazole rings is 1. The van der Waals surface area contributed by atoms with Gasteiger partial charge in [-0.15, -0.1) is 12.4 Å². The van der Waals surface area contributed by atoms with Crippen LogP contribution in [0.25, 0.3) is 10.2 Å². The molecule has 0 N–H and O–H groups in total. The Bertz CT molecular complexity index is 1100. The number of nitrogens with zero attached hydrogens (tertiary/aromatic N) is 4. The number of halogens is 1. The standard InChI is InChI=1S/C21H24N4O3S.ClH/c1-13-9-10-18-19(14(13)2)22-21(29-18)24(12-11-23(4)5)20(26)16-7-6-8-17(15(16)3)25(27)28;/h6-10H,11-12H2,1-5H3;1H. The van der Waals surface area contributed by atoms with Gasteiger partial charge < -0.3 is 4.90 Å². The summed E-state index contributed by atoms with van der Waals surface area (Å²) in [6, 6.07) is 8.67. The van der Waals surface area contributed by atoms with Crippen LogP contribution in [0.5, 0.6) is 0 Å². The van der Waals surface area contributed by atoms with Crippen molar-refractivity contribution in [2.75, 3.05) is 32.1 Å². The zero-order valence-electron chi connectivity index (χ0n) is 17.6. The maximum absolute atomic E-state index is 13.4. The zero-order chi connectivity index (χ0) is 21.3. The Morgan fingerprint density at radius 3 is 2.43 bits per heavy atom. The van der Waals surface area contributed by atoms with Gasteiger partial charge in [-0.25, -0.2) is 4.98 Å². The molecule has 1 heterocycles. The molecule has 7 nitrogen and oxygen atoms in total. The molecule has 9 heteroatoms. The monoisotopic (exact) mass is 448 g/mol. The van der Waals surface area contributed by atoms with Gasteiger partial charge in [-0.1, -0.05) is 23.5 Å². The summed E-state index contributed by atoms with van der Waals surface area (Å²) in [5.41, 5.74) is 3.77. The quantitative estimate of drug-likeness (QED) is 0.401. The van der Waals surface area contributed by atoms with Crippen molar-refractivity contribution in [1.82, 2.24) is 9.88 Å². The van der Waals surface area contributed by atoms with Gasteiger partial charge in [-0.05, 0) is 58.1 Å². The van der Waals surface area contributed by atoms with Crippen molar-refractivity contribution in [2.24, 2.45) is 0 Å². The van der Waals surface area contributed by atoms with Crippen molar-refractivity contribution >= 4 is 50.7 Å². The summed E-state index contributed by atoms with van der Waals surface area (Å²) in [6.45, 7) is 6.76. The third-order valence-corrected chi connectivity index (χ3v) is 6.10. The van der Waals surface area contributed by atoms with Gasteiger partial charge >= 0.3 is 0 Å². The number of nitro groups is 1. The van der Waals surface area contributed by atoms with Crippen LogP contribution >= 0.6 is 23.7 Å². The molecule has 30 heavy (non-hydrogen) atoms. The molecule has 0 unspecified atom stereocenters. The molecule has 0 aliphatic heterocycles. The number of fused-ring (bicyclic) bond motifs is 1. The lowest BCUT2D eigenvalue weighted by molar-refractivity contribution is -0.385. The van der Waals surface area contributed by atoms with Crippen molar-refractivity contribution < 1.29 is 9.72 Å². The molecule has 0 atom stereocenters. The molecule has 3 aromatic rings. The first-order valence-corrected chi connectivity index (χ1v) is 10.1. The van der Waals surface area contributed by atoms with Gasteiger partial charge in [0.1, 0.15) is 0 Å². The summed E-state index contributed by atoms with van der Waals surface area (Å²) >= 11 is 1.46. The minimum absolute atomic E-state index is 0. The second-order valence-corrected chi connectivity index (χ2v) is 8.33. The van der Waals surface area contributed by atoms with Crippen molar-refractivity contribution in [3.8, 4) is 0 Å². The summed E-state index contributed by atoms with van der Waals surface area (Å²) in [7, 11) is 3.88. The molecule has 0 aliphatic rings. The van der Waals surface area contributed by atoms with Crippen molar-refractivity contribution in [3.63, 3.8) is 0 Å². The van der Waals surface area contributed by atoms with Gasteiger partial charge in [-0.2, -0.15) is 0 Å². The molecule has 0 saturated heterocycles. The molecule has 0 bridgehead atoms. The predicted octanol–water partition coefficient (Wildman–Crippen LogP) is 4.76. The van der Waals surface area contributed by atoms with E-state index in [2.05, 4.69) is 6.07 Å². The van der Waals surface area contributed by atoms with E-state index in [1.807, 2.05) is 38.9 Å². The number of hydrogen-bond acceptors (Lipinski definition) is 6. The maximum atomic E-state index is 13.4. The molecule has 1 amide bonds. The minimum Gasteiger partial charge on any atom is -0.308 e. The lowest BCUT2D eigenvalue weighted by Crippen LogP contribution is -2.37. The largest absolute Gasteiger partial charge is 0.308 e. The highest BCUT2D eigenvalue weighted by Gasteiger charge is 2.26. The Labute approximate surface area is 185 Å². The summed E-state index contributed by atoms with van der Waals surface area (Å²) in [6.07, 6.45) is 0. The molecule has 160 valence electrons. The number of anilines is 1. The van der Waals surface area contributed by atoms with E-state index in [0.29, 0.717) is 29.3 Å². The molecule has 1 aromatic heterocycles. The number of aryl methyl sites for hydroxylation is 2. The second-order valence-electron chi connectivity index (χ2n) is 7.32. The first-order valence-electron chi connectivity index (χ1n) is 9.28. The predicted molar refractivity (Wildman–Crippen MR) is 124 cm³/mol. The van der Waals surface area contributed by atoms with Crippen LogP contribution in [0.4, 0.5) is 10.8 Å². The smallest absolute Gasteiger partial charge is 0.273 e. The summed E-state index contributed by atoms with van der Waals surface area (Å²) < 4.78 is 1.02. The van der Waals surface area contributed by atoms with Crippen LogP contribution in [0.15, 0.2) is 30.3 Å². The highest BCUT2D eigenvalue weighted by atomic mass is 35.5. The summed E-state index contributed by atoms with van der Waals surface area (Å²) in [5.74, 6) is -0.276. The van der Waals surface area contributed by atoms with E-state index in [0.717, 1.165) is 21.3 Å². The van der Waals surface area contributed by atoms with E-state index in [-0.39, 0.29) is 24.0 Å². The fourth-order valence-electron chi connectivity index (χ4n) is 3.11. The molecule has 0 radical (unpaired) electrons. The molecule has 0 fully saturated rings. The third kappa shape index (κ3) is 4.61. The first kappa shape index (κ1) is 23.7. The van der Waals surface area contributed by atoms with Crippen molar-refractivity contribution in [3.05, 3.63) is 62.7 Å². The van der Waals surface area contributed by atoms with E-state index in [4.69, 9.17) is 4.98 Å². The number of hydrogen-bond donors (Lipinski definition) is 0. The molecule has 0 aliphatic carbocycles. The minimum atomic E-state index is -0.458. The van der Waals surface area contributed by atoms with Crippen LogP contribution in [0.1, 0.15) is 27.0 Å². The third-order valence-electron chi connectivity index (χ3n) is 5.05. The van der Waals surface area contributed by atoms with Crippen molar-refractivity contribution in [2.45, 2.75) is 20.8 Å². The van der Waals surface area contributed by atoms with E-state index in [1.54, 1.807) is 24.0 Å². The SMILES string of the molecule is Cc1ccc2sc(N(CCN(C)C)C(=O)c3cccc([N+](=O)[O-])c3C)nc2c1C.Cl. The maximum Gasteiger partial charge on any atom is 0.273 e. The van der Waals surface area contributed by atoms with Gasteiger partial charge in [0, 0.05) is 30.3 Å². The Morgan fingerprint density at radius 1 is 1.10 bits per heavy atom. The fraction of sp³-hybridized carbons (Fsp3) is 0.333. The summed E-state index contributed by atoms with van der Waals surface area (Å²) in [4.78, 5) is 32.7. The number of likely N-dealkylation sites (N-methyl/N-ethyl adjacent to an activating group) is 1.